The lowest BCUT2D eigenvalue weighted by Gasteiger charge is -2.18. The Morgan fingerprint density at radius 3 is 2.60 bits per heavy atom. The standard InChI is InChI=1S/C15H22N2O3/c1-11(18)8-9-15(20)16-14-7-5-4-6-13(14)10-17(3)12(2)19/h4-7,11,18H,8-10H2,1-3H3,(H,16,20). The topological polar surface area (TPSA) is 69.6 Å². The van der Waals surface area contributed by atoms with Gasteiger partial charge >= 0.3 is 0 Å². The zero-order chi connectivity index (χ0) is 15.1. The van der Waals surface area contributed by atoms with E-state index in [9.17, 15) is 14.7 Å². The van der Waals surface area contributed by atoms with E-state index in [1.54, 1.807) is 18.9 Å². The van der Waals surface area contributed by atoms with E-state index in [0.29, 0.717) is 18.7 Å². The molecule has 0 bridgehead atoms. The lowest BCUT2D eigenvalue weighted by Crippen LogP contribution is -2.24. The van der Waals surface area contributed by atoms with Gasteiger partial charge in [0.15, 0.2) is 0 Å². The Hall–Kier alpha value is -1.88. The number of aliphatic hydroxyl groups is 1. The minimum absolute atomic E-state index is 0.0276. The molecule has 0 spiro atoms. The van der Waals surface area contributed by atoms with Gasteiger partial charge in [-0.05, 0) is 25.0 Å². The van der Waals surface area contributed by atoms with Gasteiger partial charge in [-0.1, -0.05) is 18.2 Å². The molecule has 0 heterocycles. The molecular formula is C15H22N2O3. The molecule has 0 fully saturated rings. The molecule has 0 aromatic heterocycles. The summed E-state index contributed by atoms with van der Waals surface area (Å²) < 4.78 is 0. The van der Waals surface area contributed by atoms with Crippen molar-refractivity contribution in [3.05, 3.63) is 29.8 Å². The van der Waals surface area contributed by atoms with Crippen molar-refractivity contribution < 1.29 is 14.7 Å². The minimum atomic E-state index is -0.486. The number of amides is 2. The van der Waals surface area contributed by atoms with Crippen LogP contribution in [0.25, 0.3) is 0 Å². The number of hydrogen-bond acceptors (Lipinski definition) is 3. The third-order valence-electron chi connectivity index (χ3n) is 3.03. The molecule has 0 radical (unpaired) electrons. The number of nitrogens with one attached hydrogen (secondary N) is 1. The molecule has 1 unspecified atom stereocenters. The summed E-state index contributed by atoms with van der Waals surface area (Å²) in [5.74, 6) is -0.163. The van der Waals surface area contributed by atoms with Crippen molar-refractivity contribution in [2.75, 3.05) is 12.4 Å². The number of hydrogen-bond donors (Lipinski definition) is 2. The van der Waals surface area contributed by atoms with Crippen molar-refractivity contribution in [2.24, 2.45) is 0 Å². The van der Waals surface area contributed by atoms with Gasteiger partial charge in [0, 0.05) is 32.6 Å². The van der Waals surface area contributed by atoms with Crippen LogP contribution in [0.1, 0.15) is 32.3 Å². The average molecular weight is 278 g/mol. The molecule has 5 nitrogen and oxygen atoms in total. The first-order chi connectivity index (χ1) is 9.40. The maximum absolute atomic E-state index is 11.8. The highest BCUT2D eigenvalue weighted by molar-refractivity contribution is 5.91. The highest BCUT2D eigenvalue weighted by Crippen LogP contribution is 2.17. The summed E-state index contributed by atoms with van der Waals surface area (Å²) in [6.07, 6.45) is 0.218. The zero-order valence-corrected chi connectivity index (χ0v) is 12.2. The average Bonchev–Trinajstić information content (AvgIpc) is 2.38. The van der Waals surface area contributed by atoms with Gasteiger partial charge < -0.3 is 15.3 Å². The maximum Gasteiger partial charge on any atom is 0.224 e. The van der Waals surface area contributed by atoms with Crippen LogP contribution >= 0.6 is 0 Å². The first-order valence-electron chi connectivity index (χ1n) is 6.67. The van der Waals surface area contributed by atoms with Gasteiger partial charge in [-0.2, -0.15) is 0 Å². The van der Waals surface area contributed by atoms with Gasteiger partial charge in [0.05, 0.1) is 6.10 Å². The Balaban J connectivity index is 2.70. The fraction of sp³-hybridized carbons (Fsp3) is 0.467. The predicted octanol–water partition coefficient (Wildman–Crippen LogP) is 1.76. The van der Waals surface area contributed by atoms with Gasteiger partial charge in [-0.25, -0.2) is 0 Å². The SMILES string of the molecule is CC(=O)N(C)Cc1ccccc1NC(=O)CCC(C)O. The molecule has 1 atom stereocenters. The van der Waals surface area contributed by atoms with Gasteiger partial charge in [-0.3, -0.25) is 9.59 Å². The number of nitrogens with zero attached hydrogens (tertiary/aromatic N) is 1. The molecule has 0 saturated heterocycles. The molecule has 0 aliphatic heterocycles. The molecule has 2 N–H and O–H groups in total. The molecule has 1 aromatic carbocycles. The second-order valence-corrected chi connectivity index (χ2v) is 4.97. The van der Waals surface area contributed by atoms with E-state index < -0.39 is 6.10 Å². The van der Waals surface area contributed by atoms with Crippen molar-refractivity contribution in [3.63, 3.8) is 0 Å². The summed E-state index contributed by atoms with van der Waals surface area (Å²) in [4.78, 5) is 24.6. The number of aliphatic hydroxyl groups excluding tert-OH is 1. The van der Waals surface area contributed by atoms with Gasteiger partial charge in [0.2, 0.25) is 11.8 Å². The smallest absolute Gasteiger partial charge is 0.224 e. The van der Waals surface area contributed by atoms with E-state index in [4.69, 9.17) is 0 Å². The number of para-hydroxylation sites is 1. The zero-order valence-electron chi connectivity index (χ0n) is 12.2. The molecule has 0 aliphatic rings. The number of benzene rings is 1. The summed E-state index contributed by atoms with van der Waals surface area (Å²) in [6, 6.07) is 7.39. The molecule has 2 amide bonds. The predicted molar refractivity (Wildman–Crippen MR) is 78.1 cm³/mol. The lowest BCUT2D eigenvalue weighted by atomic mass is 10.1. The van der Waals surface area contributed by atoms with Crippen LogP contribution in [-0.2, 0) is 16.1 Å². The first kappa shape index (κ1) is 16.2. The Bertz CT molecular complexity index is 472. The van der Waals surface area contributed by atoms with Crippen molar-refractivity contribution in [2.45, 2.75) is 39.3 Å². The molecule has 5 heteroatoms. The van der Waals surface area contributed by atoms with Crippen molar-refractivity contribution in [1.82, 2.24) is 4.90 Å². The van der Waals surface area contributed by atoms with E-state index in [1.165, 1.54) is 6.92 Å². The van der Waals surface area contributed by atoms with Crippen LogP contribution in [0.15, 0.2) is 24.3 Å². The number of carbonyl (C=O) groups excluding carboxylic acids is 2. The largest absolute Gasteiger partial charge is 0.393 e. The first-order valence-corrected chi connectivity index (χ1v) is 6.67. The molecule has 110 valence electrons. The minimum Gasteiger partial charge on any atom is -0.393 e. The van der Waals surface area contributed by atoms with Crippen molar-refractivity contribution in [3.8, 4) is 0 Å². The van der Waals surface area contributed by atoms with E-state index in [-0.39, 0.29) is 18.2 Å². The summed E-state index contributed by atoms with van der Waals surface area (Å²) in [6.45, 7) is 3.61. The van der Waals surface area contributed by atoms with Crippen LogP contribution in [0.3, 0.4) is 0 Å². The fourth-order valence-electron chi connectivity index (χ4n) is 1.70. The second kappa shape index (κ2) is 7.65. The van der Waals surface area contributed by atoms with Crippen LogP contribution < -0.4 is 5.32 Å². The summed E-state index contributed by atoms with van der Waals surface area (Å²) in [5, 5.41) is 12.0. The summed E-state index contributed by atoms with van der Waals surface area (Å²) >= 11 is 0. The molecule has 0 aliphatic carbocycles. The van der Waals surface area contributed by atoms with Gasteiger partial charge in [-0.15, -0.1) is 0 Å². The normalized spacial score (nSPS) is 11.8. The Labute approximate surface area is 119 Å². The Morgan fingerprint density at radius 2 is 2.00 bits per heavy atom. The number of carbonyl (C=O) groups is 2. The highest BCUT2D eigenvalue weighted by atomic mass is 16.3. The monoisotopic (exact) mass is 278 g/mol. The highest BCUT2D eigenvalue weighted by Gasteiger charge is 2.10. The molecule has 0 saturated carbocycles. The third-order valence-corrected chi connectivity index (χ3v) is 3.03. The summed E-state index contributed by atoms with van der Waals surface area (Å²) in [5.41, 5.74) is 1.59. The van der Waals surface area contributed by atoms with E-state index in [0.717, 1.165) is 5.56 Å². The Morgan fingerprint density at radius 1 is 1.35 bits per heavy atom. The van der Waals surface area contributed by atoms with Crippen LogP contribution in [0.2, 0.25) is 0 Å². The van der Waals surface area contributed by atoms with Gasteiger partial charge in [0.1, 0.15) is 0 Å². The van der Waals surface area contributed by atoms with Crippen LogP contribution in [0.4, 0.5) is 5.69 Å². The fourth-order valence-corrected chi connectivity index (χ4v) is 1.70. The Kier molecular flexibility index (Phi) is 6.18. The molecule has 20 heavy (non-hydrogen) atoms. The quantitative estimate of drug-likeness (QED) is 0.833. The van der Waals surface area contributed by atoms with Crippen LogP contribution in [0, 0.1) is 0 Å². The molecule has 1 rings (SSSR count). The third kappa shape index (κ3) is 5.40. The van der Waals surface area contributed by atoms with E-state index >= 15 is 0 Å². The van der Waals surface area contributed by atoms with Crippen LogP contribution in [0.5, 0.6) is 0 Å². The van der Waals surface area contributed by atoms with Crippen molar-refractivity contribution in [1.29, 1.82) is 0 Å². The molecular weight excluding hydrogens is 256 g/mol. The van der Waals surface area contributed by atoms with Gasteiger partial charge in [0.25, 0.3) is 0 Å². The lowest BCUT2D eigenvalue weighted by molar-refractivity contribution is -0.128. The van der Waals surface area contributed by atoms with Crippen molar-refractivity contribution >= 4 is 17.5 Å². The molecule has 1 aromatic rings. The van der Waals surface area contributed by atoms with E-state index in [2.05, 4.69) is 5.32 Å². The number of rotatable bonds is 6. The van der Waals surface area contributed by atoms with E-state index in [1.807, 2.05) is 24.3 Å². The van der Waals surface area contributed by atoms with Crippen LogP contribution in [-0.4, -0.2) is 35.0 Å². The second-order valence-electron chi connectivity index (χ2n) is 4.97. The maximum atomic E-state index is 11.8. The summed E-state index contributed by atoms with van der Waals surface area (Å²) in [7, 11) is 1.72. The number of anilines is 1.